The molecule has 0 aliphatic carbocycles. The first-order chi connectivity index (χ1) is 8.13. The fourth-order valence-corrected chi connectivity index (χ4v) is 2.68. The molecule has 0 bridgehead atoms. The van der Waals surface area contributed by atoms with Gasteiger partial charge < -0.3 is 10.1 Å². The van der Waals surface area contributed by atoms with Crippen LogP contribution in [-0.2, 0) is 0 Å². The lowest BCUT2D eigenvalue weighted by Gasteiger charge is -2.17. The van der Waals surface area contributed by atoms with Gasteiger partial charge in [0.15, 0.2) is 0 Å². The largest absolute Gasteiger partial charge is 0.495 e. The SMILES string of the molecule is COc1cc(C(C)C)cc(C2CCNC2)c1Cl. The molecule has 1 aromatic carbocycles. The maximum absolute atomic E-state index is 6.41. The Bertz CT molecular complexity index is 397. The highest BCUT2D eigenvalue weighted by Crippen LogP contribution is 2.38. The molecule has 2 nitrogen and oxygen atoms in total. The van der Waals surface area contributed by atoms with Crippen LogP contribution in [0.15, 0.2) is 12.1 Å². The van der Waals surface area contributed by atoms with E-state index in [9.17, 15) is 0 Å². The molecule has 1 unspecified atom stereocenters. The van der Waals surface area contributed by atoms with Crippen molar-refractivity contribution in [1.29, 1.82) is 0 Å². The molecule has 1 atom stereocenters. The summed E-state index contributed by atoms with van der Waals surface area (Å²) in [6, 6.07) is 4.30. The lowest BCUT2D eigenvalue weighted by Crippen LogP contribution is -2.09. The van der Waals surface area contributed by atoms with E-state index in [-0.39, 0.29) is 0 Å². The third kappa shape index (κ3) is 2.58. The Morgan fingerprint density at radius 3 is 2.71 bits per heavy atom. The lowest BCUT2D eigenvalue weighted by atomic mass is 9.92. The molecule has 1 aliphatic heterocycles. The first kappa shape index (κ1) is 12.7. The van der Waals surface area contributed by atoms with Crippen LogP contribution < -0.4 is 10.1 Å². The summed E-state index contributed by atoms with van der Waals surface area (Å²) < 4.78 is 5.38. The van der Waals surface area contributed by atoms with E-state index in [1.807, 2.05) is 0 Å². The molecule has 0 spiro atoms. The van der Waals surface area contributed by atoms with Gasteiger partial charge in [0, 0.05) is 6.54 Å². The fraction of sp³-hybridized carbons (Fsp3) is 0.571. The monoisotopic (exact) mass is 253 g/mol. The maximum Gasteiger partial charge on any atom is 0.138 e. The third-order valence-corrected chi connectivity index (χ3v) is 3.88. The number of benzene rings is 1. The van der Waals surface area contributed by atoms with Gasteiger partial charge in [0.2, 0.25) is 0 Å². The predicted octanol–water partition coefficient (Wildman–Crippen LogP) is 3.55. The van der Waals surface area contributed by atoms with Crippen LogP contribution in [0.4, 0.5) is 0 Å². The van der Waals surface area contributed by atoms with Gasteiger partial charge in [-0.1, -0.05) is 31.5 Å². The lowest BCUT2D eigenvalue weighted by molar-refractivity contribution is 0.413. The van der Waals surface area contributed by atoms with Crippen molar-refractivity contribution in [2.45, 2.75) is 32.1 Å². The molecule has 3 heteroatoms. The average Bonchev–Trinajstić information content (AvgIpc) is 2.82. The third-order valence-electron chi connectivity index (χ3n) is 3.48. The first-order valence-electron chi connectivity index (χ1n) is 6.21. The van der Waals surface area contributed by atoms with E-state index in [1.165, 1.54) is 11.1 Å². The summed E-state index contributed by atoms with van der Waals surface area (Å²) in [6.45, 7) is 6.48. The summed E-state index contributed by atoms with van der Waals surface area (Å²) >= 11 is 6.41. The normalized spacial score (nSPS) is 19.9. The molecular weight excluding hydrogens is 234 g/mol. The van der Waals surface area contributed by atoms with Crippen molar-refractivity contribution >= 4 is 11.6 Å². The minimum Gasteiger partial charge on any atom is -0.495 e. The summed E-state index contributed by atoms with van der Waals surface area (Å²) in [4.78, 5) is 0. The topological polar surface area (TPSA) is 21.3 Å². The summed E-state index contributed by atoms with van der Waals surface area (Å²) in [5.41, 5.74) is 2.54. The van der Waals surface area contributed by atoms with Gasteiger partial charge >= 0.3 is 0 Å². The molecule has 1 aliphatic rings. The highest BCUT2D eigenvalue weighted by atomic mass is 35.5. The van der Waals surface area contributed by atoms with Crippen molar-refractivity contribution in [3.63, 3.8) is 0 Å². The highest BCUT2D eigenvalue weighted by Gasteiger charge is 2.22. The summed E-state index contributed by atoms with van der Waals surface area (Å²) in [5.74, 6) is 1.82. The molecule has 0 saturated carbocycles. The Hall–Kier alpha value is -0.730. The van der Waals surface area contributed by atoms with E-state index in [1.54, 1.807) is 7.11 Å². The zero-order chi connectivity index (χ0) is 12.4. The molecule has 0 radical (unpaired) electrons. The Balaban J connectivity index is 2.44. The maximum atomic E-state index is 6.41. The second-order valence-corrected chi connectivity index (χ2v) is 5.35. The van der Waals surface area contributed by atoms with Crippen molar-refractivity contribution < 1.29 is 4.74 Å². The summed E-state index contributed by atoms with van der Waals surface area (Å²) in [6.07, 6.45) is 1.16. The average molecular weight is 254 g/mol. The van der Waals surface area contributed by atoms with Gasteiger partial charge in [0.1, 0.15) is 5.75 Å². The second kappa shape index (κ2) is 5.28. The van der Waals surface area contributed by atoms with E-state index in [0.717, 1.165) is 30.3 Å². The first-order valence-corrected chi connectivity index (χ1v) is 6.59. The van der Waals surface area contributed by atoms with Crippen LogP contribution in [-0.4, -0.2) is 20.2 Å². The van der Waals surface area contributed by atoms with Crippen molar-refractivity contribution in [3.05, 3.63) is 28.3 Å². The van der Waals surface area contributed by atoms with Crippen LogP contribution in [0.1, 0.15) is 43.2 Å². The van der Waals surface area contributed by atoms with Gasteiger partial charge in [-0.25, -0.2) is 0 Å². The summed E-state index contributed by atoms with van der Waals surface area (Å²) in [5, 5.41) is 4.17. The van der Waals surface area contributed by atoms with Gasteiger partial charge in [-0.15, -0.1) is 0 Å². The zero-order valence-electron chi connectivity index (χ0n) is 10.7. The molecular formula is C14H20ClNO. The number of methoxy groups -OCH3 is 1. The van der Waals surface area contributed by atoms with E-state index in [2.05, 4.69) is 31.3 Å². The molecule has 17 heavy (non-hydrogen) atoms. The van der Waals surface area contributed by atoms with Gasteiger partial charge in [0.05, 0.1) is 12.1 Å². The molecule has 2 rings (SSSR count). The molecule has 0 amide bonds. The molecule has 1 saturated heterocycles. The highest BCUT2D eigenvalue weighted by molar-refractivity contribution is 6.33. The van der Waals surface area contributed by atoms with E-state index in [0.29, 0.717) is 11.8 Å². The fourth-order valence-electron chi connectivity index (χ4n) is 2.34. The molecule has 1 fully saturated rings. The van der Waals surface area contributed by atoms with Crippen LogP contribution in [0, 0.1) is 0 Å². The standard InChI is InChI=1S/C14H20ClNO/c1-9(2)11-6-12(10-4-5-16-8-10)14(15)13(7-11)17-3/h6-7,9-10,16H,4-5,8H2,1-3H3. The molecule has 1 N–H and O–H groups in total. The van der Waals surface area contributed by atoms with Crippen LogP contribution >= 0.6 is 11.6 Å². The Morgan fingerprint density at radius 1 is 1.41 bits per heavy atom. The Morgan fingerprint density at radius 2 is 2.18 bits per heavy atom. The van der Waals surface area contributed by atoms with Gasteiger partial charge in [-0.2, -0.15) is 0 Å². The molecule has 94 valence electrons. The van der Waals surface area contributed by atoms with Gasteiger partial charge in [0.25, 0.3) is 0 Å². The second-order valence-electron chi connectivity index (χ2n) is 4.97. The van der Waals surface area contributed by atoms with Gasteiger partial charge in [-0.05, 0) is 42.0 Å². The van der Waals surface area contributed by atoms with E-state index < -0.39 is 0 Å². The van der Waals surface area contributed by atoms with Crippen LogP contribution in [0.5, 0.6) is 5.75 Å². The van der Waals surface area contributed by atoms with Crippen molar-refractivity contribution in [3.8, 4) is 5.75 Å². The zero-order valence-corrected chi connectivity index (χ0v) is 11.5. The Kier molecular flexibility index (Phi) is 3.95. The van der Waals surface area contributed by atoms with Crippen molar-refractivity contribution in [1.82, 2.24) is 5.32 Å². The van der Waals surface area contributed by atoms with Gasteiger partial charge in [-0.3, -0.25) is 0 Å². The van der Waals surface area contributed by atoms with E-state index in [4.69, 9.17) is 16.3 Å². The van der Waals surface area contributed by atoms with Crippen LogP contribution in [0.25, 0.3) is 0 Å². The smallest absolute Gasteiger partial charge is 0.138 e. The summed E-state index contributed by atoms with van der Waals surface area (Å²) in [7, 11) is 1.68. The quantitative estimate of drug-likeness (QED) is 0.890. The number of rotatable bonds is 3. The van der Waals surface area contributed by atoms with Crippen molar-refractivity contribution in [2.24, 2.45) is 0 Å². The van der Waals surface area contributed by atoms with Crippen LogP contribution in [0.3, 0.4) is 0 Å². The molecule has 1 aromatic rings. The molecule has 1 heterocycles. The van der Waals surface area contributed by atoms with Crippen molar-refractivity contribution in [2.75, 3.05) is 20.2 Å². The Labute approximate surface area is 108 Å². The number of hydrogen-bond acceptors (Lipinski definition) is 2. The number of ether oxygens (including phenoxy) is 1. The predicted molar refractivity (Wildman–Crippen MR) is 72.3 cm³/mol. The number of nitrogens with one attached hydrogen (secondary N) is 1. The van der Waals surface area contributed by atoms with E-state index >= 15 is 0 Å². The number of hydrogen-bond donors (Lipinski definition) is 1. The molecule has 0 aromatic heterocycles. The van der Waals surface area contributed by atoms with Crippen LogP contribution in [0.2, 0.25) is 5.02 Å². The minimum absolute atomic E-state index is 0.495. The number of halogens is 1. The minimum atomic E-state index is 0.495.